The molecule has 0 bridgehead atoms. The summed E-state index contributed by atoms with van der Waals surface area (Å²) < 4.78 is 13.0. The predicted octanol–water partition coefficient (Wildman–Crippen LogP) is 4.03. The molecule has 0 aromatic heterocycles. The van der Waals surface area contributed by atoms with Crippen molar-refractivity contribution in [2.45, 2.75) is 51.5 Å². The van der Waals surface area contributed by atoms with Crippen LogP contribution in [0.25, 0.3) is 0 Å². The van der Waals surface area contributed by atoms with E-state index in [2.05, 4.69) is 41.2 Å². The summed E-state index contributed by atoms with van der Waals surface area (Å²) in [6, 6.07) is 2.84. The summed E-state index contributed by atoms with van der Waals surface area (Å²) in [4.78, 5) is 0. The summed E-state index contributed by atoms with van der Waals surface area (Å²) in [6.45, 7) is 7.09. The molecule has 116 valence electrons. The maximum absolute atomic E-state index is 6.05. The van der Waals surface area contributed by atoms with Crippen LogP contribution < -0.4 is 14.8 Å². The Morgan fingerprint density at radius 1 is 1.24 bits per heavy atom. The Labute approximate surface area is 135 Å². The van der Waals surface area contributed by atoms with Crippen LogP contribution >= 0.6 is 15.9 Å². The number of hydrogen-bond acceptors (Lipinski definition) is 3. The summed E-state index contributed by atoms with van der Waals surface area (Å²) in [6.07, 6.45) is 4.57. The quantitative estimate of drug-likeness (QED) is 0.889. The van der Waals surface area contributed by atoms with Gasteiger partial charge in [0.2, 0.25) is 0 Å². The fraction of sp³-hybridized carbons (Fsp3) is 0.647. The first-order chi connectivity index (χ1) is 10.2. The smallest absolute Gasteiger partial charge is 0.175 e. The van der Waals surface area contributed by atoms with Crippen LogP contribution in [-0.4, -0.2) is 25.8 Å². The molecule has 2 aliphatic heterocycles. The third-order valence-electron chi connectivity index (χ3n) is 4.30. The first-order valence-corrected chi connectivity index (χ1v) is 8.80. The number of nitrogens with one attached hydrogen (secondary N) is 1. The molecule has 1 atom stereocenters. The number of hydrogen-bond donors (Lipinski definition) is 1. The lowest BCUT2D eigenvalue weighted by molar-refractivity contribution is 0.295. The molecule has 3 rings (SSSR count). The fourth-order valence-electron chi connectivity index (χ4n) is 3.36. The third kappa shape index (κ3) is 3.21. The molecule has 1 saturated heterocycles. The van der Waals surface area contributed by atoms with Crippen molar-refractivity contribution in [1.29, 1.82) is 0 Å². The molecular formula is C17H24BrNO2. The molecule has 3 nitrogen and oxygen atoms in total. The van der Waals surface area contributed by atoms with E-state index in [0.717, 1.165) is 48.6 Å². The molecule has 0 spiro atoms. The Bertz CT molecular complexity index is 510. The van der Waals surface area contributed by atoms with Gasteiger partial charge in [-0.15, -0.1) is 0 Å². The topological polar surface area (TPSA) is 30.5 Å². The van der Waals surface area contributed by atoms with Crippen LogP contribution in [0.5, 0.6) is 11.5 Å². The first-order valence-electron chi connectivity index (χ1n) is 8.01. The molecule has 0 aliphatic carbocycles. The van der Waals surface area contributed by atoms with Crippen LogP contribution in [-0.2, 0) is 6.42 Å². The van der Waals surface area contributed by atoms with Gasteiger partial charge in [0.25, 0.3) is 0 Å². The zero-order valence-corrected chi connectivity index (χ0v) is 14.5. The maximum Gasteiger partial charge on any atom is 0.175 e. The zero-order chi connectivity index (χ0) is 14.8. The van der Waals surface area contributed by atoms with Crippen LogP contribution in [0.15, 0.2) is 10.5 Å². The van der Waals surface area contributed by atoms with Gasteiger partial charge in [0.05, 0.1) is 17.7 Å². The first kappa shape index (κ1) is 15.2. The van der Waals surface area contributed by atoms with Crippen molar-refractivity contribution in [1.82, 2.24) is 5.32 Å². The highest BCUT2D eigenvalue weighted by atomic mass is 79.9. The van der Waals surface area contributed by atoms with Crippen LogP contribution in [0.2, 0.25) is 0 Å². The average molecular weight is 354 g/mol. The van der Waals surface area contributed by atoms with Crippen LogP contribution in [0.3, 0.4) is 0 Å². The van der Waals surface area contributed by atoms with E-state index in [1.807, 2.05) is 0 Å². The summed E-state index contributed by atoms with van der Waals surface area (Å²) in [5.41, 5.74) is 2.71. The Hall–Kier alpha value is -0.740. The lowest BCUT2D eigenvalue weighted by Gasteiger charge is -2.22. The Kier molecular flexibility index (Phi) is 4.75. The van der Waals surface area contributed by atoms with Crippen LogP contribution in [0.1, 0.15) is 50.2 Å². The molecule has 2 aliphatic rings. The van der Waals surface area contributed by atoms with E-state index in [9.17, 15) is 0 Å². The van der Waals surface area contributed by atoms with Crippen molar-refractivity contribution < 1.29 is 9.47 Å². The van der Waals surface area contributed by atoms with Crippen molar-refractivity contribution >= 4 is 15.9 Å². The van der Waals surface area contributed by atoms with Crippen LogP contribution in [0, 0.1) is 0 Å². The van der Waals surface area contributed by atoms with Crippen molar-refractivity contribution in [3.05, 3.63) is 21.7 Å². The van der Waals surface area contributed by atoms with Gasteiger partial charge in [0, 0.05) is 18.0 Å². The van der Waals surface area contributed by atoms with Gasteiger partial charge in [-0.2, -0.15) is 0 Å². The van der Waals surface area contributed by atoms with Gasteiger partial charge in [-0.05, 0) is 59.3 Å². The number of benzene rings is 1. The number of halogens is 1. The number of fused-ring (bicyclic) bond motifs is 1. The average Bonchev–Trinajstić information content (AvgIpc) is 2.81. The van der Waals surface area contributed by atoms with E-state index in [-0.39, 0.29) is 0 Å². The third-order valence-corrected chi connectivity index (χ3v) is 4.89. The predicted molar refractivity (Wildman–Crippen MR) is 88.6 cm³/mol. The summed E-state index contributed by atoms with van der Waals surface area (Å²) in [5, 5.41) is 3.60. The van der Waals surface area contributed by atoms with Crippen molar-refractivity contribution in [3.8, 4) is 11.5 Å². The van der Waals surface area contributed by atoms with Gasteiger partial charge in [-0.3, -0.25) is 0 Å². The Morgan fingerprint density at radius 3 is 2.67 bits per heavy atom. The number of ether oxygens (including phenoxy) is 2. The molecule has 1 unspecified atom stereocenters. The van der Waals surface area contributed by atoms with Crippen molar-refractivity contribution in [3.63, 3.8) is 0 Å². The minimum absolute atomic E-state index is 0.435. The lowest BCUT2D eigenvalue weighted by atomic mass is 9.91. The van der Waals surface area contributed by atoms with Gasteiger partial charge in [0.1, 0.15) is 0 Å². The summed E-state index contributed by atoms with van der Waals surface area (Å²) >= 11 is 3.67. The molecule has 4 heteroatoms. The van der Waals surface area contributed by atoms with Gasteiger partial charge in [0.15, 0.2) is 11.5 Å². The van der Waals surface area contributed by atoms with E-state index < -0.39 is 0 Å². The molecule has 1 aromatic rings. The van der Waals surface area contributed by atoms with Gasteiger partial charge in [-0.25, -0.2) is 0 Å². The molecule has 1 fully saturated rings. The molecule has 1 aromatic carbocycles. The Balaban J connectivity index is 2.01. The van der Waals surface area contributed by atoms with Crippen molar-refractivity contribution in [2.24, 2.45) is 0 Å². The van der Waals surface area contributed by atoms with E-state index in [0.29, 0.717) is 12.0 Å². The summed E-state index contributed by atoms with van der Waals surface area (Å²) in [5.74, 6) is 2.29. The lowest BCUT2D eigenvalue weighted by Crippen LogP contribution is -2.24. The van der Waals surface area contributed by atoms with E-state index >= 15 is 0 Å². The molecule has 0 radical (unpaired) electrons. The van der Waals surface area contributed by atoms with Gasteiger partial charge >= 0.3 is 0 Å². The summed E-state index contributed by atoms with van der Waals surface area (Å²) in [7, 11) is 0. The molecular weight excluding hydrogens is 330 g/mol. The fourth-order valence-corrected chi connectivity index (χ4v) is 3.93. The largest absolute Gasteiger partial charge is 0.489 e. The highest BCUT2D eigenvalue weighted by molar-refractivity contribution is 9.10. The normalized spacial score (nSPS) is 21.6. The second kappa shape index (κ2) is 6.57. The minimum Gasteiger partial charge on any atom is -0.489 e. The highest BCUT2D eigenvalue weighted by Crippen LogP contribution is 2.45. The Morgan fingerprint density at radius 2 is 2.00 bits per heavy atom. The minimum atomic E-state index is 0.435. The van der Waals surface area contributed by atoms with Crippen LogP contribution in [0.4, 0.5) is 0 Å². The van der Waals surface area contributed by atoms with E-state index in [1.165, 1.54) is 24.0 Å². The maximum atomic E-state index is 6.05. The highest BCUT2D eigenvalue weighted by Gasteiger charge is 2.25. The zero-order valence-electron chi connectivity index (χ0n) is 12.9. The second-order valence-electron chi connectivity index (χ2n) is 6.29. The number of rotatable bonds is 3. The van der Waals surface area contributed by atoms with E-state index in [4.69, 9.17) is 9.47 Å². The molecule has 0 amide bonds. The molecule has 0 saturated carbocycles. The molecule has 1 N–H and O–H groups in total. The SMILES string of the molecule is CC(C)c1c(CC2CCCN2)cc(Br)c2c1OCCCO2. The van der Waals surface area contributed by atoms with E-state index in [1.54, 1.807) is 0 Å². The second-order valence-corrected chi connectivity index (χ2v) is 7.15. The van der Waals surface area contributed by atoms with Gasteiger partial charge < -0.3 is 14.8 Å². The molecule has 2 heterocycles. The molecule has 21 heavy (non-hydrogen) atoms. The van der Waals surface area contributed by atoms with Gasteiger partial charge in [-0.1, -0.05) is 13.8 Å². The monoisotopic (exact) mass is 353 g/mol. The van der Waals surface area contributed by atoms with Crippen molar-refractivity contribution in [2.75, 3.05) is 19.8 Å². The standard InChI is InChI=1S/C17H24BrNO2/c1-11(2)15-12(9-13-5-3-6-19-13)10-14(18)16-17(15)21-8-4-7-20-16/h10-11,13,19H,3-9H2,1-2H3.